The Balaban J connectivity index is 0.00000259. The fourth-order valence-electron chi connectivity index (χ4n) is 4.74. The van der Waals surface area contributed by atoms with E-state index in [1.165, 1.54) is 32.2 Å². The van der Waals surface area contributed by atoms with E-state index in [0.717, 1.165) is 22.9 Å². The first-order valence-corrected chi connectivity index (χ1v) is 16.0. The fraction of sp³-hybridized carbons (Fsp3) is 0.500. The number of hydrogen-bond acceptors (Lipinski definition) is 9. The molecule has 0 bridgehead atoms. The quantitative estimate of drug-likeness (QED) is 0.197. The zero-order valence-corrected chi connectivity index (χ0v) is 26.7. The van der Waals surface area contributed by atoms with E-state index < -0.39 is 40.4 Å². The van der Waals surface area contributed by atoms with Gasteiger partial charge in [0.15, 0.2) is 0 Å². The molecule has 0 saturated heterocycles. The number of nitrogens with zero attached hydrogens (tertiary/aromatic N) is 2. The summed E-state index contributed by atoms with van der Waals surface area (Å²) in [6.45, 7) is 6.09. The molecule has 1 fully saturated rings. The molecule has 1 aliphatic rings. The van der Waals surface area contributed by atoms with Crippen LogP contribution in [-0.4, -0.2) is 77.4 Å². The van der Waals surface area contributed by atoms with E-state index in [1.807, 2.05) is 30.3 Å². The van der Waals surface area contributed by atoms with Crippen molar-refractivity contribution in [2.75, 3.05) is 18.9 Å². The second-order valence-corrected chi connectivity index (χ2v) is 13.3. The average molecular weight is 633 g/mol. The third-order valence-corrected chi connectivity index (χ3v) is 8.30. The highest BCUT2D eigenvalue weighted by Crippen LogP contribution is 2.27. The van der Waals surface area contributed by atoms with Gasteiger partial charge >= 0.3 is 6.09 Å². The number of carbonyl (C=O) groups excluding carboxylic acids is 2. The molecule has 44 heavy (non-hydrogen) atoms. The summed E-state index contributed by atoms with van der Waals surface area (Å²) in [5, 5.41) is 16.7. The van der Waals surface area contributed by atoms with Crippen LogP contribution in [0.1, 0.15) is 58.9 Å². The number of sulfonamides is 1. The van der Waals surface area contributed by atoms with Crippen molar-refractivity contribution < 1.29 is 32.7 Å². The van der Waals surface area contributed by atoms with Crippen molar-refractivity contribution in [2.45, 2.75) is 88.5 Å². The van der Waals surface area contributed by atoms with Gasteiger partial charge in [-0.05, 0) is 70.8 Å². The van der Waals surface area contributed by atoms with Gasteiger partial charge in [0, 0.05) is 6.92 Å². The summed E-state index contributed by atoms with van der Waals surface area (Å²) in [4.78, 5) is 37.2. The molecule has 0 aliphatic heterocycles. The minimum atomic E-state index is -4.28. The molecule has 4 rings (SSSR count). The maximum atomic E-state index is 13.9. The summed E-state index contributed by atoms with van der Waals surface area (Å²) in [7, 11) is -2.78. The van der Waals surface area contributed by atoms with Crippen molar-refractivity contribution in [3.63, 3.8) is 0 Å². The lowest BCUT2D eigenvalue weighted by atomic mass is 10.0. The number of aliphatic hydroxyl groups excluding tert-OH is 1. The molecule has 3 aromatic rings. The standard InChI is InChI=1S/C29H39N5O7S.CH5N/c1-19(35)30-27-31-23-15-14-22(17-24(23)32-27)42(38,39)34(41-21-12-8-9-13-21)18-26(36)25(16-20-10-6-5-7-11-20)33-28(37)40-29(2,3)4;1-2/h5-7,10-11,14-15,17,21,25-26,36H,8-9,12-13,16,18H2,1-4H3,(H,33,37)(H2,30,31,32,35);2H2,1H3/t25-,26?;/m0./s1. The number of fused-ring (bicyclic) bond motifs is 1. The highest BCUT2D eigenvalue weighted by molar-refractivity contribution is 7.89. The average Bonchev–Trinajstić information content (AvgIpc) is 3.61. The largest absolute Gasteiger partial charge is 0.444 e. The second kappa shape index (κ2) is 15.4. The van der Waals surface area contributed by atoms with Crippen molar-refractivity contribution in [1.29, 1.82) is 0 Å². The number of imidazole rings is 1. The first-order valence-electron chi connectivity index (χ1n) is 14.6. The summed E-state index contributed by atoms with van der Waals surface area (Å²) >= 11 is 0. The molecule has 13 nitrogen and oxygen atoms in total. The topological polar surface area (TPSA) is 189 Å². The zero-order chi connectivity index (χ0) is 32.5. The Morgan fingerprint density at radius 2 is 1.80 bits per heavy atom. The third kappa shape index (κ3) is 9.99. The zero-order valence-electron chi connectivity index (χ0n) is 25.9. The molecule has 2 aromatic carbocycles. The van der Waals surface area contributed by atoms with E-state index in [-0.39, 0.29) is 29.3 Å². The predicted molar refractivity (Wildman–Crippen MR) is 167 cm³/mol. The number of aromatic nitrogens is 2. The first kappa shape index (κ1) is 34.9. The Morgan fingerprint density at radius 1 is 1.14 bits per heavy atom. The van der Waals surface area contributed by atoms with Crippen LogP contribution in [0, 0.1) is 0 Å². The van der Waals surface area contributed by atoms with Gasteiger partial charge in [-0.2, -0.15) is 0 Å². The summed E-state index contributed by atoms with van der Waals surface area (Å²) in [6.07, 6.45) is 1.000. The van der Waals surface area contributed by atoms with Gasteiger partial charge in [0.25, 0.3) is 10.0 Å². The minimum absolute atomic E-state index is 0.0852. The van der Waals surface area contributed by atoms with Gasteiger partial charge in [-0.25, -0.2) is 18.2 Å². The molecule has 1 aromatic heterocycles. The number of hydrogen-bond donors (Lipinski definition) is 5. The van der Waals surface area contributed by atoms with Crippen LogP contribution >= 0.6 is 0 Å². The van der Waals surface area contributed by atoms with Crippen LogP contribution in [0.2, 0.25) is 0 Å². The lowest BCUT2D eigenvalue weighted by molar-refractivity contribution is -0.145. The summed E-state index contributed by atoms with van der Waals surface area (Å²) in [5.74, 6) is -0.129. The van der Waals surface area contributed by atoms with Crippen molar-refractivity contribution in [3.05, 3.63) is 54.1 Å². The molecule has 2 atom stereocenters. The van der Waals surface area contributed by atoms with Crippen LogP contribution < -0.4 is 16.4 Å². The molecule has 0 radical (unpaired) electrons. The number of anilines is 1. The van der Waals surface area contributed by atoms with Crippen LogP contribution in [0.3, 0.4) is 0 Å². The molecule has 14 heteroatoms. The molecular formula is C30H44N6O7S. The number of nitrogens with two attached hydrogens (primary N) is 1. The maximum absolute atomic E-state index is 13.9. The van der Waals surface area contributed by atoms with Gasteiger partial charge < -0.3 is 25.9 Å². The monoisotopic (exact) mass is 632 g/mol. The van der Waals surface area contributed by atoms with E-state index >= 15 is 0 Å². The molecule has 1 saturated carbocycles. The number of aromatic amines is 1. The number of carbonyl (C=O) groups is 2. The number of benzene rings is 2. The van der Waals surface area contributed by atoms with Gasteiger partial charge in [-0.1, -0.05) is 47.6 Å². The second-order valence-electron chi connectivity index (χ2n) is 11.5. The van der Waals surface area contributed by atoms with Crippen molar-refractivity contribution in [2.24, 2.45) is 5.73 Å². The van der Waals surface area contributed by atoms with Crippen LogP contribution in [0.4, 0.5) is 10.7 Å². The van der Waals surface area contributed by atoms with E-state index in [9.17, 15) is 23.1 Å². The van der Waals surface area contributed by atoms with Gasteiger partial charge in [-0.3, -0.25) is 14.9 Å². The lowest BCUT2D eigenvalue weighted by Crippen LogP contribution is -2.51. The minimum Gasteiger partial charge on any atom is -0.444 e. The van der Waals surface area contributed by atoms with Crippen molar-refractivity contribution in [1.82, 2.24) is 19.8 Å². The lowest BCUT2D eigenvalue weighted by Gasteiger charge is -2.31. The van der Waals surface area contributed by atoms with Crippen LogP contribution in [-0.2, 0) is 30.8 Å². The number of alkyl carbamates (subject to hydrolysis) is 1. The predicted octanol–water partition coefficient (Wildman–Crippen LogP) is 3.46. The molecule has 1 heterocycles. The van der Waals surface area contributed by atoms with Gasteiger partial charge in [-0.15, -0.1) is 0 Å². The number of rotatable bonds is 11. The Hall–Kier alpha value is -3.56. The van der Waals surface area contributed by atoms with E-state index in [2.05, 4.69) is 26.3 Å². The molecule has 1 unspecified atom stereocenters. The number of hydroxylamine groups is 1. The van der Waals surface area contributed by atoms with Gasteiger partial charge in [0.1, 0.15) is 5.60 Å². The molecule has 0 spiro atoms. The Bertz CT molecular complexity index is 1480. The summed E-state index contributed by atoms with van der Waals surface area (Å²) in [5.41, 5.74) is 5.43. The van der Waals surface area contributed by atoms with E-state index in [1.54, 1.807) is 20.8 Å². The maximum Gasteiger partial charge on any atom is 0.407 e. The van der Waals surface area contributed by atoms with Crippen LogP contribution in [0.25, 0.3) is 11.0 Å². The Kier molecular flexibility index (Phi) is 12.3. The molecule has 6 N–H and O–H groups in total. The van der Waals surface area contributed by atoms with E-state index in [4.69, 9.17) is 9.57 Å². The van der Waals surface area contributed by atoms with Crippen molar-refractivity contribution >= 4 is 39.0 Å². The first-order chi connectivity index (χ1) is 20.8. The SMILES string of the molecule is CC(=O)Nc1nc2ccc(S(=O)(=O)N(CC(O)[C@H](Cc3ccccc3)NC(=O)OC(C)(C)C)OC3CCCC3)cc2[nH]1.CN. The molecular weight excluding hydrogens is 588 g/mol. The number of ether oxygens (including phenoxy) is 1. The van der Waals surface area contributed by atoms with Gasteiger partial charge in [0.2, 0.25) is 11.9 Å². The van der Waals surface area contributed by atoms with Crippen LogP contribution in [0.15, 0.2) is 53.4 Å². The van der Waals surface area contributed by atoms with E-state index in [0.29, 0.717) is 23.9 Å². The normalized spacial score (nSPS) is 15.4. The Morgan fingerprint density at radius 3 is 2.41 bits per heavy atom. The Labute approximate surface area is 258 Å². The highest BCUT2D eigenvalue weighted by Gasteiger charge is 2.35. The fourth-order valence-corrected chi connectivity index (χ4v) is 6.07. The third-order valence-electron chi connectivity index (χ3n) is 6.68. The molecule has 2 amide bonds. The number of aliphatic hydroxyl groups is 1. The number of nitrogens with one attached hydrogen (secondary N) is 3. The number of amides is 2. The van der Waals surface area contributed by atoms with Crippen LogP contribution in [0.5, 0.6) is 0 Å². The smallest absolute Gasteiger partial charge is 0.407 e. The van der Waals surface area contributed by atoms with Gasteiger partial charge in [0.05, 0.1) is 40.7 Å². The number of H-pyrrole nitrogens is 1. The summed E-state index contributed by atoms with van der Waals surface area (Å²) in [6, 6.07) is 12.7. The molecule has 1 aliphatic carbocycles. The highest BCUT2D eigenvalue weighted by atomic mass is 32.2. The molecule has 242 valence electrons. The summed E-state index contributed by atoms with van der Waals surface area (Å²) < 4.78 is 34.1. The van der Waals surface area contributed by atoms with Crippen molar-refractivity contribution in [3.8, 4) is 0 Å².